The zero-order valence-corrected chi connectivity index (χ0v) is 10.5. The fourth-order valence-corrected chi connectivity index (χ4v) is 2.00. The number of anilines is 2. The molecule has 2 aromatic rings. The minimum atomic E-state index is 0.198. The summed E-state index contributed by atoms with van der Waals surface area (Å²) >= 11 is 6.14. The van der Waals surface area contributed by atoms with Gasteiger partial charge in [-0.25, -0.2) is 0 Å². The number of nitrogens with zero attached hydrogens (tertiary/aromatic N) is 2. The van der Waals surface area contributed by atoms with E-state index in [2.05, 4.69) is 0 Å². The number of halogens is 1. The molecule has 0 unspecified atom stereocenters. The van der Waals surface area contributed by atoms with E-state index in [0.717, 1.165) is 11.4 Å². The predicted octanol–water partition coefficient (Wildman–Crippen LogP) is 3.69. The van der Waals surface area contributed by atoms with Gasteiger partial charge in [-0.1, -0.05) is 17.7 Å². The molecule has 0 aliphatic heterocycles. The molecule has 4 heteroatoms. The summed E-state index contributed by atoms with van der Waals surface area (Å²) < 4.78 is 0. The maximum absolute atomic E-state index is 9.46. The SMILES string of the molecule is CN(c1cccc(O)c1)c1ccc(C#N)cc1Cl. The summed E-state index contributed by atoms with van der Waals surface area (Å²) in [5.74, 6) is 0.198. The largest absolute Gasteiger partial charge is 0.508 e. The Balaban J connectivity index is 2.40. The van der Waals surface area contributed by atoms with Crippen molar-refractivity contribution in [1.82, 2.24) is 0 Å². The van der Waals surface area contributed by atoms with Crippen LogP contribution in [-0.2, 0) is 0 Å². The van der Waals surface area contributed by atoms with Gasteiger partial charge >= 0.3 is 0 Å². The lowest BCUT2D eigenvalue weighted by molar-refractivity contribution is 0.475. The normalized spacial score (nSPS) is 9.83. The van der Waals surface area contributed by atoms with Gasteiger partial charge in [-0.3, -0.25) is 0 Å². The van der Waals surface area contributed by atoms with Crippen LogP contribution in [0.5, 0.6) is 5.75 Å². The quantitative estimate of drug-likeness (QED) is 0.894. The first kappa shape index (κ1) is 12.3. The van der Waals surface area contributed by atoms with Gasteiger partial charge in [0.1, 0.15) is 5.75 Å². The molecule has 0 aromatic heterocycles. The molecule has 90 valence electrons. The third kappa shape index (κ3) is 2.39. The van der Waals surface area contributed by atoms with E-state index in [9.17, 15) is 5.11 Å². The van der Waals surface area contributed by atoms with E-state index in [1.807, 2.05) is 24.1 Å². The summed E-state index contributed by atoms with van der Waals surface area (Å²) in [7, 11) is 1.85. The number of rotatable bonds is 2. The van der Waals surface area contributed by atoms with Crippen LogP contribution < -0.4 is 4.90 Å². The molecule has 0 aliphatic carbocycles. The molecule has 0 saturated carbocycles. The lowest BCUT2D eigenvalue weighted by atomic mass is 10.2. The van der Waals surface area contributed by atoms with Crippen LogP contribution in [0.1, 0.15) is 5.56 Å². The lowest BCUT2D eigenvalue weighted by Gasteiger charge is -2.21. The van der Waals surface area contributed by atoms with Crippen LogP contribution in [0, 0.1) is 11.3 Å². The first-order chi connectivity index (χ1) is 8.61. The Morgan fingerprint density at radius 2 is 2.00 bits per heavy atom. The van der Waals surface area contributed by atoms with Gasteiger partial charge in [0.2, 0.25) is 0 Å². The summed E-state index contributed by atoms with van der Waals surface area (Å²) in [5.41, 5.74) is 2.12. The van der Waals surface area contributed by atoms with Gasteiger partial charge in [-0.2, -0.15) is 5.26 Å². The molecule has 18 heavy (non-hydrogen) atoms. The minimum absolute atomic E-state index is 0.198. The maximum Gasteiger partial charge on any atom is 0.117 e. The topological polar surface area (TPSA) is 47.3 Å². The van der Waals surface area contributed by atoms with E-state index in [1.54, 1.807) is 36.4 Å². The van der Waals surface area contributed by atoms with Crippen LogP contribution in [0.15, 0.2) is 42.5 Å². The number of phenols is 1. The molecular weight excluding hydrogens is 248 g/mol. The summed E-state index contributed by atoms with van der Waals surface area (Å²) in [6.45, 7) is 0. The predicted molar refractivity (Wildman–Crippen MR) is 72.3 cm³/mol. The highest BCUT2D eigenvalue weighted by atomic mass is 35.5. The average molecular weight is 259 g/mol. The smallest absolute Gasteiger partial charge is 0.117 e. The summed E-state index contributed by atoms with van der Waals surface area (Å²) in [6.07, 6.45) is 0. The zero-order chi connectivity index (χ0) is 13.1. The number of phenolic OH excluding ortho intramolecular Hbond substituents is 1. The van der Waals surface area contributed by atoms with Crippen molar-refractivity contribution in [2.75, 3.05) is 11.9 Å². The second-order valence-corrected chi connectivity index (χ2v) is 4.26. The van der Waals surface area contributed by atoms with Gasteiger partial charge in [0.25, 0.3) is 0 Å². The van der Waals surface area contributed by atoms with E-state index in [4.69, 9.17) is 16.9 Å². The van der Waals surface area contributed by atoms with Crippen molar-refractivity contribution in [3.8, 4) is 11.8 Å². The summed E-state index contributed by atoms with van der Waals surface area (Å²) in [6, 6.07) is 14.0. The van der Waals surface area contributed by atoms with Crippen molar-refractivity contribution in [3.05, 3.63) is 53.1 Å². The Labute approximate surface area is 110 Å². The molecule has 0 spiro atoms. The maximum atomic E-state index is 9.46. The first-order valence-corrected chi connectivity index (χ1v) is 5.72. The molecule has 3 nitrogen and oxygen atoms in total. The number of hydrogen-bond acceptors (Lipinski definition) is 3. The van der Waals surface area contributed by atoms with Crippen molar-refractivity contribution in [2.24, 2.45) is 0 Å². The average Bonchev–Trinajstić information content (AvgIpc) is 2.37. The number of aromatic hydroxyl groups is 1. The van der Waals surface area contributed by atoms with E-state index >= 15 is 0 Å². The van der Waals surface area contributed by atoms with Crippen LogP contribution in [0.25, 0.3) is 0 Å². The summed E-state index contributed by atoms with van der Waals surface area (Å²) in [5, 5.41) is 18.7. The molecule has 0 atom stereocenters. The molecule has 0 amide bonds. The van der Waals surface area contributed by atoms with Crippen LogP contribution in [0.2, 0.25) is 5.02 Å². The van der Waals surface area contributed by atoms with Gasteiger partial charge in [-0.05, 0) is 30.3 Å². The van der Waals surface area contributed by atoms with Crippen LogP contribution in [0.4, 0.5) is 11.4 Å². The molecule has 0 heterocycles. The minimum Gasteiger partial charge on any atom is -0.508 e. The van der Waals surface area contributed by atoms with Crippen molar-refractivity contribution >= 4 is 23.0 Å². The van der Waals surface area contributed by atoms with Crippen molar-refractivity contribution in [3.63, 3.8) is 0 Å². The number of hydrogen-bond donors (Lipinski definition) is 1. The fraction of sp³-hybridized carbons (Fsp3) is 0.0714. The van der Waals surface area contributed by atoms with Crippen molar-refractivity contribution in [2.45, 2.75) is 0 Å². The Bertz CT molecular complexity index is 619. The Hall–Kier alpha value is -2.18. The highest BCUT2D eigenvalue weighted by Crippen LogP contribution is 2.32. The van der Waals surface area contributed by atoms with E-state index in [1.165, 1.54) is 0 Å². The molecule has 0 aliphatic rings. The van der Waals surface area contributed by atoms with Crippen molar-refractivity contribution < 1.29 is 5.11 Å². The third-order valence-electron chi connectivity index (χ3n) is 2.66. The lowest BCUT2D eigenvalue weighted by Crippen LogP contribution is -2.09. The Morgan fingerprint density at radius 3 is 2.61 bits per heavy atom. The highest BCUT2D eigenvalue weighted by molar-refractivity contribution is 6.33. The second-order valence-electron chi connectivity index (χ2n) is 3.86. The molecule has 2 aromatic carbocycles. The Kier molecular flexibility index (Phi) is 3.40. The van der Waals surface area contributed by atoms with Crippen LogP contribution in [0.3, 0.4) is 0 Å². The fourth-order valence-electron chi connectivity index (χ4n) is 1.69. The van der Waals surface area contributed by atoms with Crippen molar-refractivity contribution in [1.29, 1.82) is 5.26 Å². The van der Waals surface area contributed by atoms with Gasteiger partial charge in [-0.15, -0.1) is 0 Å². The zero-order valence-electron chi connectivity index (χ0n) is 9.76. The van der Waals surface area contributed by atoms with E-state index in [-0.39, 0.29) is 5.75 Å². The van der Waals surface area contributed by atoms with Crippen LogP contribution >= 0.6 is 11.6 Å². The van der Waals surface area contributed by atoms with Gasteiger partial charge < -0.3 is 10.0 Å². The molecule has 0 bridgehead atoms. The number of nitriles is 1. The molecule has 0 radical (unpaired) electrons. The van der Waals surface area contributed by atoms with Crippen LogP contribution in [-0.4, -0.2) is 12.2 Å². The molecule has 1 N–H and O–H groups in total. The number of benzene rings is 2. The summed E-state index contributed by atoms with van der Waals surface area (Å²) in [4.78, 5) is 1.85. The molecular formula is C14H11ClN2O. The Morgan fingerprint density at radius 1 is 1.22 bits per heavy atom. The van der Waals surface area contributed by atoms with E-state index in [0.29, 0.717) is 10.6 Å². The third-order valence-corrected chi connectivity index (χ3v) is 2.96. The van der Waals surface area contributed by atoms with Gasteiger partial charge in [0.05, 0.1) is 22.3 Å². The van der Waals surface area contributed by atoms with E-state index < -0.39 is 0 Å². The monoisotopic (exact) mass is 258 g/mol. The molecule has 0 fully saturated rings. The standard InChI is InChI=1S/C14H11ClN2O/c1-17(11-3-2-4-12(18)8-11)14-6-5-10(9-16)7-13(14)15/h2-8,18H,1H3. The first-order valence-electron chi connectivity index (χ1n) is 5.34. The molecule has 0 saturated heterocycles. The second kappa shape index (κ2) is 4.99. The van der Waals surface area contributed by atoms with Gasteiger partial charge in [0.15, 0.2) is 0 Å². The molecule has 2 rings (SSSR count). The van der Waals surface area contributed by atoms with Gasteiger partial charge in [0, 0.05) is 18.8 Å². The highest BCUT2D eigenvalue weighted by Gasteiger charge is 2.09.